The molecule has 0 N–H and O–H groups in total. The lowest BCUT2D eigenvalue weighted by Crippen LogP contribution is -2.03. The van der Waals surface area contributed by atoms with E-state index in [0.29, 0.717) is 11.9 Å². The van der Waals surface area contributed by atoms with E-state index in [1.807, 2.05) is 0 Å². The minimum absolute atomic E-state index is 0.653. The molecule has 0 atom stereocenters. The van der Waals surface area contributed by atoms with Crippen molar-refractivity contribution in [1.29, 1.82) is 0 Å². The molecular formula is C86H46N8S2. The molecule has 10 heterocycles. The van der Waals surface area contributed by atoms with Gasteiger partial charge in [0.25, 0.3) is 0 Å². The molecule has 0 fully saturated rings. The minimum atomic E-state index is 0.653. The van der Waals surface area contributed by atoms with Gasteiger partial charge in [-0.05, 0) is 89.0 Å². The van der Waals surface area contributed by atoms with Crippen LogP contribution in [-0.2, 0) is 0 Å². The number of para-hydroxylation sites is 5. The first-order chi connectivity index (χ1) is 47.6. The SMILES string of the molecule is c1ccc(-c2ccc(-c3nc(-n4c5ccccc5c5cc6c7cc(-c8ccc9c(c8)sc8nc(-n%10c%11ccccc%11c%11cc%12c%13ccccc%13n%13c%14ccccc%14c(c%11%10)c%12%13)nc(-c%10ccccc%10)c89)ccc7n7c8ccccc8c(c54)c67)nc4sc5ccccc5c34)cc2)cc1. The fourth-order valence-electron chi connectivity index (χ4n) is 16.7. The molecule has 10 heteroatoms. The molecule has 13 aromatic carbocycles. The molecule has 0 saturated heterocycles. The van der Waals surface area contributed by atoms with Crippen molar-refractivity contribution in [2.24, 2.45) is 0 Å². The molecule has 0 amide bonds. The van der Waals surface area contributed by atoms with Crippen molar-refractivity contribution >= 4 is 183 Å². The Kier molecular flexibility index (Phi) is 9.98. The summed E-state index contributed by atoms with van der Waals surface area (Å²) in [6.07, 6.45) is 0. The van der Waals surface area contributed by atoms with Gasteiger partial charge in [-0.25, -0.2) is 19.9 Å². The number of hydrogen-bond donors (Lipinski definition) is 0. The van der Waals surface area contributed by atoms with Crippen LogP contribution in [0.1, 0.15) is 0 Å². The first kappa shape index (κ1) is 51.2. The summed E-state index contributed by atoms with van der Waals surface area (Å²) in [5.74, 6) is 1.31. The van der Waals surface area contributed by atoms with Gasteiger partial charge in [0.1, 0.15) is 9.66 Å². The van der Waals surface area contributed by atoms with Gasteiger partial charge in [-0.3, -0.25) is 9.13 Å². The quantitative estimate of drug-likeness (QED) is 0.166. The maximum Gasteiger partial charge on any atom is 0.236 e. The van der Waals surface area contributed by atoms with Crippen molar-refractivity contribution in [1.82, 2.24) is 37.9 Å². The highest BCUT2D eigenvalue weighted by atomic mass is 32.1. The summed E-state index contributed by atoms with van der Waals surface area (Å²) in [5.41, 5.74) is 20.1. The van der Waals surface area contributed by atoms with Crippen molar-refractivity contribution in [2.75, 3.05) is 0 Å². The van der Waals surface area contributed by atoms with Gasteiger partial charge in [0.05, 0.1) is 66.6 Å². The fourth-order valence-corrected chi connectivity index (χ4v) is 18.9. The number of benzene rings is 13. The summed E-state index contributed by atoms with van der Waals surface area (Å²) >= 11 is 3.48. The molecular weight excluding hydrogens is 1210 g/mol. The summed E-state index contributed by atoms with van der Waals surface area (Å²) in [4.78, 5) is 24.7. The van der Waals surface area contributed by atoms with E-state index in [4.69, 9.17) is 19.9 Å². The van der Waals surface area contributed by atoms with Gasteiger partial charge < -0.3 is 8.80 Å². The Balaban J connectivity index is 0.726. The fraction of sp³-hybridized carbons (Fsp3) is 0. The summed E-state index contributed by atoms with van der Waals surface area (Å²) in [5, 5.41) is 18.8. The standard InChI is InChI=1S/C86H46N8S2/c1-3-19-47(20-4-1)48-35-37-50(38-36-48)78-73-58-28-12-18-34-71(58)95-83(73)89-86(88-78)94-67-31-15-9-25-55(67)63-46-64-60-43-51(40-42-70(60)92-69-33-17-11-27-57(69)76(80(64)92)82(63)94)52-39-41-59-72(44-52)96-84-74(59)77(49-21-5-2-6-22-49)87-85(90-84)93-66-30-14-8-24-54(66)62-45-61-53-23-7-13-29-65(53)91-68-32-16-10-26-56(68)75(79(61)91)81(62)93/h1-46H. The average Bonchev–Trinajstić information content (AvgIpc) is 1.52. The summed E-state index contributed by atoms with van der Waals surface area (Å²) < 4.78 is 12.0. The van der Waals surface area contributed by atoms with Gasteiger partial charge >= 0.3 is 0 Å². The van der Waals surface area contributed by atoms with Crippen molar-refractivity contribution in [3.8, 4) is 56.7 Å². The van der Waals surface area contributed by atoms with Crippen molar-refractivity contribution in [3.05, 3.63) is 279 Å². The van der Waals surface area contributed by atoms with Crippen LogP contribution in [0.3, 0.4) is 0 Å². The summed E-state index contributed by atoms with van der Waals surface area (Å²) in [6, 6.07) is 102. The number of fused-ring (bicyclic) bond motifs is 26. The molecule has 8 nitrogen and oxygen atoms in total. The van der Waals surface area contributed by atoms with Crippen LogP contribution >= 0.6 is 22.7 Å². The van der Waals surface area contributed by atoms with Crippen LogP contribution in [0.5, 0.6) is 0 Å². The lowest BCUT2D eigenvalue weighted by atomic mass is 9.99. The number of hydrogen-bond acceptors (Lipinski definition) is 6. The molecule has 23 aromatic rings. The molecule has 0 aliphatic carbocycles. The Morgan fingerprint density at radius 1 is 0.219 bits per heavy atom. The molecule has 0 bridgehead atoms. The molecule has 0 aliphatic rings. The number of aromatic nitrogens is 8. The van der Waals surface area contributed by atoms with E-state index in [2.05, 4.69) is 297 Å². The van der Waals surface area contributed by atoms with E-state index in [0.717, 1.165) is 103 Å². The number of thiophene rings is 2. The van der Waals surface area contributed by atoms with Crippen molar-refractivity contribution < 1.29 is 0 Å². The van der Waals surface area contributed by atoms with Crippen LogP contribution in [0.2, 0.25) is 0 Å². The smallest absolute Gasteiger partial charge is 0.236 e. The predicted octanol–water partition coefficient (Wildman–Crippen LogP) is 23.2. The Bertz CT molecular complexity index is 7310. The zero-order chi connectivity index (χ0) is 62.2. The molecule has 442 valence electrons. The van der Waals surface area contributed by atoms with E-state index in [1.165, 1.54) is 103 Å². The molecule has 0 radical (unpaired) electrons. The zero-order valence-corrected chi connectivity index (χ0v) is 52.6. The Morgan fingerprint density at radius 2 is 0.594 bits per heavy atom. The monoisotopic (exact) mass is 1250 g/mol. The average molecular weight is 1260 g/mol. The topological polar surface area (TPSA) is 70.2 Å². The van der Waals surface area contributed by atoms with Crippen molar-refractivity contribution in [2.45, 2.75) is 0 Å². The number of nitrogens with zero attached hydrogens (tertiary/aromatic N) is 8. The lowest BCUT2D eigenvalue weighted by Gasteiger charge is -2.12. The second-order valence-electron chi connectivity index (χ2n) is 25.6. The predicted molar refractivity (Wildman–Crippen MR) is 403 cm³/mol. The Morgan fingerprint density at radius 3 is 1.18 bits per heavy atom. The van der Waals surface area contributed by atoms with E-state index in [-0.39, 0.29) is 0 Å². The third-order valence-electron chi connectivity index (χ3n) is 20.7. The van der Waals surface area contributed by atoms with E-state index < -0.39 is 0 Å². The third-order valence-corrected chi connectivity index (χ3v) is 22.8. The second-order valence-corrected chi connectivity index (χ2v) is 27.6. The maximum atomic E-state index is 5.73. The second kappa shape index (κ2) is 18.7. The molecule has 96 heavy (non-hydrogen) atoms. The van der Waals surface area contributed by atoms with Crippen LogP contribution in [0, 0.1) is 0 Å². The van der Waals surface area contributed by atoms with Crippen LogP contribution < -0.4 is 0 Å². The van der Waals surface area contributed by atoms with Crippen molar-refractivity contribution in [3.63, 3.8) is 0 Å². The highest BCUT2D eigenvalue weighted by molar-refractivity contribution is 7.26. The van der Waals surface area contributed by atoms with Crippen LogP contribution in [0.15, 0.2) is 279 Å². The highest BCUT2D eigenvalue weighted by Crippen LogP contribution is 2.51. The molecule has 0 unspecified atom stereocenters. The van der Waals surface area contributed by atoms with Gasteiger partial charge in [-0.15, -0.1) is 22.7 Å². The minimum Gasteiger partial charge on any atom is -0.308 e. The zero-order valence-electron chi connectivity index (χ0n) is 51.0. The Labute approximate surface area is 553 Å². The Hall–Kier alpha value is -12.3. The normalized spacial score (nSPS) is 12.6. The molecule has 23 rings (SSSR count). The van der Waals surface area contributed by atoms with Crippen LogP contribution in [-0.4, -0.2) is 37.9 Å². The van der Waals surface area contributed by atoms with E-state index in [9.17, 15) is 0 Å². The van der Waals surface area contributed by atoms with Gasteiger partial charge in [-0.1, -0.05) is 212 Å². The van der Waals surface area contributed by atoms with Gasteiger partial charge in [-0.2, -0.15) is 0 Å². The highest BCUT2D eigenvalue weighted by Gasteiger charge is 2.30. The van der Waals surface area contributed by atoms with Gasteiger partial charge in [0, 0.05) is 107 Å². The van der Waals surface area contributed by atoms with E-state index >= 15 is 0 Å². The van der Waals surface area contributed by atoms with Gasteiger partial charge in [0.15, 0.2) is 0 Å². The first-order valence-corrected chi connectivity index (χ1v) is 34.2. The van der Waals surface area contributed by atoms with Gasteiger partial charge in [0.2, 0.25) is 11.9 Å². The molecule has 0 aliphatic heterocycles. The number of rotatable bonds is 6. The third kappa shape index (κ3) is 6.70. The summed E-state index contributed by atoms with van der Waals surface area (Å²) in [7, 11) is 0. The first-order valence-electron chi connectivity index (χ1n) is 32.5. The molecule has 0 spiro atoms. The van der Waals surface area contributed by atoms with Crippen LogP contribution in [0.25, 0.3) is 217 Å². The van der Waals surface area contributed by atoms with E-state index in [1.54, 1.807) is 22.7 Å². The molecule has 0 saturated carbocycles. The lowest BCUT2D eigenvalue weighted by molar-refractivity contribution is 1.02. The van der Waals surface area contributed by atoms with Crippen LogP contribution in [0.4, 0.5) is 0 Å². The molecule has 10 aromatic heterocycles. The largest absolute Gasteiger partial charge is 0.308 e. The maximum absolute atomic E-state index is 5.73. The summed E-state index contributed by atoms with van der Waals surface area (Å²) in [6.45, 7) is 0.